The lowest BCUT2D eigenvalue weighted by Gasteiger charge is -2.10. The molecule has 0 fully saturated rings. The fraction of sp³-hybridized carbons (Fsp3) is 0.296. The van der Waals surface area contributed by atoms with Crippen LogP contribution >= 0.6 is 11.3 Å². The first-order valence-corrected chi connectivity index (χ1v) is 13.3. The summed E-state index contributed by atoms with van der Waals surface area (Å²) < 4.78 is 44.7. The number of hydrogen-bond acceptors (Lipinski definition) is 9. The van der Waals surface area contributed by atoms with E-state index in [1.165, 1.54) is 31.6 Å². The number of carbonyl (C=O) groups excluding carboxylic acids is 3. The maximum Gasteiger partial charge on any atom is 0.418 e. The summed E-state index contributed by atoms with van der Waals surface area (Å²) in [6.07, 6.45) is 0.284. The minimum atomic E-state index is -4.55. The second-order valence-electron chi connectivity index (χ2n) is 9.23. The molecule has 15 heteroatoms. The van der Waals surface area contributed by atoms with Gasteiger partial charge in [0.1, 0.15) is 34.4 Å². The van der Waals surface area contributed by atoms with Gasteiger partial charge in [0.15, 0.2) is 0 Å². The van der Waals surface area contributed by atoms with Crippen LogP contribution in [0.1, 0.15) is 43.5 Å². The molecule has 3 rings (SSSR count). The number of halogens is 3. The SMILES string of the molecule is CC(/C=N\C(NC(=O)NCc1cc(C)on1)=C(/C)C=O)=C/[C@@H](C)C(=O)Nc1csc(-c2cnc(C)c(C(F)(F)F)c2)n1. The summed E-state index contributed by atoms with van der Waals surface area (Å²) in [6, 6.07) is 2.03. The van der Waals surface area contributed by atoms with Gasteiger partial charge in [-0.15, -0.1) is 11.3 Å². The smallest absolute Gasteiger partial charge is 0.361 e. The van der Waals surface area contributed by atoms with Crippen molar-refractivity contribution in [3.63, 3.8) is 0 Å². The first kappa shape index (κ1) is 31.9. The highest BCUT2D eigenvalue weighted by molar-refractivity contribution is 7.13. The van der Waals surface area contributed by atoms with E-state index in [-0.39, 0.29) is 40.0 Å². The zero-order chi connectivity index (χ0) is 31.0. The zero-order valence-corrected chi connectivity index (χ0v) is 24.1. The predicted octanol–water partition coefficient (Wildman–Crippen LogP) is 5.35. The molecule has 0 saturated heterocycles. The summed E-state index contributed by atoms with van der Waals surface area (Å²) in [4.78, 5) is 48.5. The normalized spacial score (nSPS) is 13.5. The van der Waals surface area contributed by atoms with E-state index in [9.17, 15) is 27.6 Å². The molecule has 3 N–H and O–H groups in total. The standard InChI is InChI=1S/C27H28F3N7O4S/c1-14(9-32-23(16(3)12-38)36-26(40)33-11-20-7-17(4)41-37-20)6-15(2)24(39)34-22-13-42-25(35-22)19-8-21(27(28,29)30)18(5)31-10-19/h6-10,12-13,15H,11H2,1-5H3,(H,34,39)(H2,33,36,40)/b14-6-,23-16-,32-9-/t15-/m1/s1. The fourth-order valence-corrected chi connectivity index (χ4v) is 4.17. The van der Waals surface area contributed by atoms with E-state index in [0.717, 1.165) is 17.4 Å². The van der Waals surface area contributed by atoms with Gasteiger partial charge in [-0.05, 0) is 39.3 Å². The molecule has 0 saturated carbocycles. The van der Waals surface area contributed by atoms with Gasteiger partial charge in [0.2, 0.25) is 5.91 Å². The summed E-state index contributed by atoms with van der Waals surface area (Å²) >= 11 is 1.07. The molecule has 3 amide bonds. The highest BCUT2D eigenvalue weighted by Gasteiger charge is 2.33. The van der Waals surface area contributed by atoms with Crippen molar-refractivity contribution < 1.29 is 32.1 Å². The number of aromatic nitrogens is 3. The molecule has 0 bridgehead atoms. The van der Waals surface area contributed by atoms with Crippen molar-refractivity contribution in [2.45, 2.75) is 47.3 Å². The molecule has 0 radical (unpaired) electrons. The Bertz CT molecular complexity index is 1560. The Morgan fingerprint density at radius 1 is 1.21 bits per heavy atom. The number of pyridine rings is 1. The Hall–Kier alpha value is -4.66. The third-order valence-corrected chi connectivity index (χ3v) is 6.50. The van der Waals surface area contributed by atoms with Gasteiger partial charge in [-0.25, -0.2) is 14.8 Å². The number of nitrogens with one attached hydrogen (secondary N) is 3. The van der Waals surface area contributed by atoms with Gasteiger partial charge >= 0.3 is 12.2 Å². The van der Waals surface area contributed by atoms with Crippen molar-refractivity contribution in [2.24, 2.45) is 10.9 Å². The van der Waals surface area contributed by atoms with Crippen LogP contribution in [0, 0.1) is 19.8 Å². The number of nitrogens with zero attached hydrogens (tertiary/aromatic N) is 4. The lowest BCUT2D eigenvalue weighted by atomic mass is 10.1. The maximum absolute atomic E-state index is 13.2. The van der Waals surface area contributed by atoms with Crippen LogP contribution in [0.4, 0.5) is 23.8 Å². The molecule has 222 valence electrons. The minimum Gasteiger partial charge on any atom is -0.361 e. The lowest BCUT2D eigenvalue weighted by Crippen LogP contribution is -2.34. The number of carbonyl (C=O) groups is 3. The number of thiazole rings is 1. The van der Waals surface area contributed by atoms with Crippen LogP contribution < -0.4 is 16.0 Å². The van der Waals surface area contributed by atoms with Gasteiger partial charge in [0, 0.05) is 40.7 Å². The molecule has 11 nitrogen and oxygen atoms in total. The summed E-state index contributed by atoms with van der Waals surface area (Å²) in [7, 11) is 0. The van der Waals surface area contributed by atoms with Gasteiger partial charge in [-0.2, -0.15) is 13.2 Å². The average molecular weight is 604 g/mol. The monoisotopic (exact) mass is 603 g/mol. The van der Waals surface area contributed by atoms with Crippen molar-refractivity contribution in [1.82, 2.24) is 25.8 Å². The van der Waals surface area contributed by atoms with E-state index in [0.29, 0.717) is 23.3 Å². The molecule has 0 aliphatic carbocycles. The van der Waals surface area contributed by atoms with Gasteiger partial charge in [0.25, 0.3) is 0 Å². The Kier molecular flexibility index (Phi) is 10.5. The molecule has 3 heterocycles. The van der Waals surface area contributed by atoms with Crippen molar-refractivity contribution in [1.29, 1.82) is 0 Å². The molecule has 0 aliphatic rings. The fourth-order valence-electron chi connectivity index (χ4n) is 3.43. The summed E-state index contributed by atoms with van der Waals surface area (Å²) in [5, 5.41) is 13.3. The van der Waals surface area contributed by atoms with Crippen molar-refractivity contribution in [2.75, 3.05) is 5.32 Å². The summed E-state index contributed by atoms with van der Waals surface area (Å²) in [5.41, 5.74) is 0.434. The number of anilines is 1. The average Bonchev–Trinajstić information content (AvgIpc) is 3.57. The van der Waals surface area contributed by atoms with Gasteiger partial charge in [-0.3, -0.25) is 19.9 Å². The second kappa shape index (κ2) is 13.8. The molecule has 3 aromatic rings. The Labute approximate surface area is 243 Å². The molecule has 3 aromatic heterocycles. The van der Waals surface area contributed by atoms with Gasteiger partial charge < -0.3 is 15.2 Å². The molecule has 1 atom stereocenters. The Balaban J connectivity index is 1.62. The zero-order valence-electron chi connectivity index (χ0n) is 23.3. The molecule has 0 spiro atoms. The highest BCUT2D eigenvalue weighted by atomic mass is 32.1. The van der Waals surface area contributed by atoms with Crippen LogP contribution in [0.2, 0.25) is 0 Å². The van der Waals surface area contributed by atoms with E-state index < -0.39 is 29.6 Å². The molecule has 42 heavy (non-hydrogen) atoms. The maximum atomic E-state index is 13.2. The molecule has 0 unspecified atom stereocenters. The number of alkyl halides is 3. The number of amides is 3. The van der Waals surface area contributed by atoms with Crippen LogP contribution in [0.3, 0.4) is 0 Å². The van der Waals surface area contributed by atoms with E-state index in [2.05, 4.69) is 36.1 Å². The predicted molar refractivity (Wildman–Crippen MR) is 151 cm³/mol. The summed E-state index contributed by atoms with van der Waals surface area (Å²) in [6.45, 7) is 7.88. The van der Waals surface area contributed by atoms with Crippen molar-refractivity contribution in [3.05, 3.63) is 69.5 Å². The topological polar surface area (TPSA) is 151 Å². The van der Waals surface area contributed by atoms with Crippen LogP contribution in [0.25, 0.3) is 10.6 Å². The van der Waals surface area contributed by atoms with Gasteiger partial charge in [-0.1, -0.05) is 18.2 Å². The second-order valence-corrected chi connectivity index (χ2v) is 10.1. The third-order valence-electron chi connectivity index (χ3n) is 5.61. The number of allylic oxidation sites excluding steroid dienone is 2. The number of aryl methyl sites for hydroxylation is 2. The van der Waals surface area contributed by atoms with Crippen LogP contribution in [0.5, 0.6) is 0 Å². The number of rotatable bonds is 10. The number of aliphatic imine (C=N–C) groups is 1. The molecular formula is C27H28F3N7O4S. The van der Waals surface area contributed by atoms with E-state index in [1.807, 2.05) is 0 Å². The van der Waals surface area contributed by atoms with E-state index in [4.69, 9.17) is 4.52 Å². The quantitative estimate of drug-likeness (QED) is 0.161. The van der Waals surface area contributed by atoms with Crippen molar-refractivity contribution in [3.8, 4) is 10.6 Å². The minimum absolute atomic E-state index is 0.0120. The third kappa shape index (κ3) is 8.92. The molecule has 0 aliphatic heterocycles. The highest BCUT2D eigenvalue weighted by Crippen LogP contribution is 2.34. The van der Waals surface area contributed by atoms with Gasteiger partial charge in [0.05, 0.1) is 18.0 Å². The van der Waals surface area contributed by atoms with E-state index >= 15 is 0 Å². The number of aldehydes is 1. The number of hydrogen-bond donors (Lipinski definition) is 3. The Morgan fingerprint density at radius 2 is 1.95 bits per heavy atom. The van der Waals surface area contributed by atoms with Crippen LogP contribution in [0.15, 0.2) is 56.3 Å². The molecular weight excluding hydrogens is 575 g/mol. The van der Waals surface area contributed by atoms with Crippen molar-refractivity contribution >= 4 is 41.6 Å². The Morgan fingerprint density at radius 3 is 2.60 bits per heavy atom. The summed E-state index contributed by atoms with van der Waals surface area (Å²) in [5.74, 6) is -0.278. The number of urea groups is 1. The molecule has 0 aromatic carbocycles. The largest absolute Gasteiger partial charge is 0.418 e. The van der Waals surface area contributed by atoms with Crippen LogP contribution in [-0.4, -0.2) is 39.6 Å². The van der Waals surface area contributed by atoms with E-state index in [1.54, 1.807) is 32.9 Å². The van der Waals surface area contributed by atoms with Crippen LogP contribution in [-0.2, 0) is 22.3 Å². The first-order chi connectivity index (χ1) is 19.8. The first-order valence-electron chi connectivity index (χ1n) is 12.4. The lowest BCUT2D eigenvalue weighted by molar-refractivity contribution is -0.138.